The smallest absolute Gasteiger partial charge is 0.307 e. The highest BCUT2D eigenvalue weighted by atomic mass is 32.2. The van der Waals surface area contributed by atoms with Gasteiger partial charge in [0.05, 0.1) is 19.6 Å². The third-order valence-electron chi connectivity index (χ3n) is 2.60. The Balaban J connectivity index is 1.66. The molecule has 2 saturated heterocycles. The van der Waals surface area contributed by atoms with E-state index in [-0.39, 0.29) is 12.1 Å². The second-order valence-corrected chi connectivity index (χ2v) is 5.06. The van der Waals surface area contributed by atoms with Crippen LogP contribution in [-0.4, -0.2) is 49.4 Å². The molecule has 2 aliphatic heterocycles. The molecular formula is C10H17NO3S. The van der Waals surface area contributed by atoms with Crippen LogP contribution >= 0.6 is 11.8 Å². The summed E-state index contributed by atoms with van der Waals surface area (Å²) >= 11 is 1.89. The van der Waals surface area contributed by atoms with E-state index in [1.165, 1.54) is 0 Å². The van der Waals surface area contributed by atoms with Gasteiger partial charge >= 0.3 is 5.97 Å². The largest absolute Gasteiger partial charge is 0.460 e. The first-order chi connectivity index (χ1) is 7.34. The Labute approximate surface area is 94.1 Å². The number of carbonyl (C=O) groups is 1. The van der Waals surface area contributed by atoms with Crippen LogP contribution in [0.1, 0.15) is 12.8 Å². The van der Waals surface area contributed by atoms with E-state index in [0.29, 0.717) is 19.1 Å². The van der Waals surface area contributed by atoms with E-state index >= 15 is 0 Å². The van der Waals surface area contributed by atoms with Crippen molar-refractivity contribution in [2.24, 2.45) is 0 Å². The summed E-state index contributed by atoms with van der Waals surface area (Å²) < 4.78 is 10.5. The summed E-state index contributed by atoms with van der Waals surface area (Å²) in [6.07, 6.45) is 1.33. The average Bonchev–Trinajstić information content (AvgIpc) is 2.71. The number of rotatable bonds is 3. The maximum Gasteiger partial charge on any atom is 0.307 e. The standard InChI is InChI=1S/C10H17NO3S/c12-10(14-9-1-3-13-6-9)5-8-7-15-4-2-11-8/h8-9,11H,1-7H2. The normalized spacial score (nSPS) is 31.5. The predicted octanol–water partition coefficient (Wildman–Crippen LogP) is 0.414. The summed E-state index contributed by atoms with van der Waals surface area (Å²) in [7, 11) is 0. The molecule has 4 nitrogen and oxygen atoms in total. The molecule has 2 aliphatic rings. The number of esters is 1. The molecule has 86 valence electrons. The number of nitrogens with one attached hydrogen (secondary N) is 1. The SMILES string of the molecule is O=C(CC1CSCCN1)OC1CCOC1. The minimum absolute atomic E-state index is 0.00579. The summed E-state index contributed by atoms with van der Waals surface area (Å²) in [5, 5.41) is 3.32. The lowest BCUT2D eigenvalue weighted by Gasteiger charge is -2.22. The maximum atomic E-state index is 11.5. The fraction of sp³-hybridized carbons (Fsp3) is 0.900. The van der Waals surface area contributed by atoms with Crippen LogP contribution in [0, 0.1) is 0 Å². The van der Waals surface area contributed by atoms with Crippen LogP contribution in [0.3, 0.4) is 0 Å². The zero-order chi connectivity index (χ0) is 10.5. The topological polar surface area (TPSA) is 47.6 Å². The molecule has 15 heavy (non-hydrogen) atoms. The quantitative estimate of drug-likeness (QED) is 0.713. The molecular weight excluding hydrogens is 214 g/mol. The van der Waals surface area contributed by atoms with Gasteiger partial charge in [-0.15, -0.1) is 0 Å². The maximum absolute atomic E-state index is 11.5. The van der Waals surface area contributed by atoms with E-state index in [1.807, 2.05) is 11.8 Å². The molecule has 2 unspecified atom stereocenters. The fourth-order valence-corrected chi connectivity index (χ4v) is 2.74. The summed E-state index contributed by atoms with van der Waals surface area (Å²) in [6.45, 7) is 2.28. The van der Waals surface area contributed by atoms with Crippen molar-refractivity contribution in [1.29, 1.82) is 0 Å². The highest BCUT2D eigenvalue weighted by Crippen LogP contribution is 2.13. The minimum atomic E-state index is -0.0921. The first kappa shape index (κ1) is 11.2. The van der Waals surface area contributed by atoms with Gasteiger partial charge in [0.25, 0.3) is 0 Å². The van der Waals surface area contributed by atoms with Gasteiger partial charge in [0.2, 0.25) is 0 Å². The van der Waals surface area contributed by atoms with E-state index in [1.54, 1.807) is 0 Å². The third-order valence-corrected chi connectivity index (χ3v) is 3.73. The van der Waals surface area contributed by atoms with E-state index in [0.717, 1.165) is 31.1 Å². The Hall–Kier alpha value is -0.260. The molecule has 1 N–H and O–H groups in total. The molecule has 0 radical (unpaired) electrons. The Morgan fingerprint density at radius 1 is 1.60 bits per heavy atom. The highest BCUT2D eigenvalue weighted by molar-refractivity contribution is 7.99. The number of thioether (sulfide) groups is 1. The molecule has 0 aromatic heterocycles. The monoisotopic (exact) mass is 231 g/mol. The molecule has 5 heteroatoms. The van der Waals surface area contributed by atoms with Gasteiger partial charge in [0, 0.05) is 30.5 Å². The van der Waals surface area contributed by atoms with E-state index < -0.39 is 0 Å². The average molecular weight is 231 g/mol. The Bertz CT molecular complexity index is 213. The third kappa shape index (κ3) is 3.66. The summed E-state index contributed by atoms with van der Waals surface area (Å²) in [5.74, 6) is 2.06. The molecule has 0 aromatic rings. The molecule has 0 saturated carbocycles. The summed E-state index contributed by atoms with van der Waals surface area (Å²) in [6, 6.07) is 0.290. The molecule has 0 spiro atoms. The zero-order valence-electron chi connectivity index (χ0n) is 8.74. The molecule has 0 amide bonds. The zero-order valence-corrected chi connectivity index (χ0v) is 9.55. The number of hydrogen-bond acceptors (Lipinski definition) is 5. The van der Waals surface area contributed by atoms with Crippen LogP contribution in [0.2, 0.25) is 0 Å². The molecule has 0 aliphatic carbocycles. The van der Waals surface area contributed by atoms with Gasteiger partial charge in [-0.1, -0.05) is 0 Å². The van der Waals surface area contributed by atoms with E-state index in [9.17, 15) is 4.79 Å². The lowest BCUT2D eigenvalue weighted by Crippen LogP contribution is -2.39. The Morgan fingerprint density at radius 3 is 3.20 bits per heavy atom. The van der Waals surface area contributed by atoms with Crippen molar-refractivity contribution >= 4 is 17.7 Å². The van der Waals surface area contributed by atoms with Crippen LogP contribution in [0.15, 0.2) is 0 Å². The predicted molar refractivity (Wildman–Crippen MR) is 59.0 cm³/mol. The van der Waals surface area contributed by atoms with Crippen LogP contribution in [0.5, 0.6) is 0 Å². The second kappa shape index (κ2) is 5.72. The Morgan fingerprint density at radius 2 is 2.53 bits per heavy atom. The van der Waals surface area contributed by atoms with Gasteiger partial charge in [-0.05, 0) is 0 Å². The molecule has 2 heterocycles. The van der Waals surface area contributed by atoms with Gasteiger partial charge in [0.15, 0.2) is 0 Å². The number of hydrogen-bond donors (Lipinski definition) is 1. The number of ether oxygens (including phenoxy) is 2. The van der Waals surface area contributed by atoms with E-state index in [4.69, 9.17) is 9.47 Å². The second-order valence-electron chi connectivity index (χ2n) is 3.91. The van der Waals surface area contributed by atoms with Crippen molar-refractivity contribution in [2.45, 2.75) is 25.0 Å². The Kier molecular flexibility index (Phi) is 4.29. The molecule has 2 rings (SSSR count). The van der Waals surface area contributed by atoms with Crippen LogP contribution in [0.25, 0.3) is 0 Å². The molecule has 0 aromatic carbocycles. The molecule has 2 fully saturated rings. The van der Waals surface area contributed by atoms with Gasteiger partial charge in [0.1, 0.15) is 6.10 Å². The van der Waals surface area contributed by atoms with Crippen molar-refractivity contribution in [3.8, 4) is 0 Å². The van der Waals surface area contributed by atoms with Crippen molar-refractivity contribution < 1.29 is 14.3 Å². The molecule has 2 atom stereocenters. The van der Waals surface area contributed by atoms with Crippen LogP contribution < -0.4 is 5.32 Å². The first-order valence-electron chi connectivity index (χ1n) is 5.43. The van der Waals surface area contributed by atoms with Gasteiger partial charge < -0.3 is 14.8 Å². The van der Waals surface area contributed by atoms with Crippen molar-refractivity contribution in [3.05, 3.63) is 0 Å². The van der Waals surface area contributed by atoms with Crippen LogP contribution in [-0.2, 0) is 14.3 Å². The van der Waals surface area contributed by atoms with Crippen LogP contribution in [0.4, 0.5) is 0 Å². The first-order valence-corrected chi connectivity index (χ1v) is 6.58. The van der Waals surface area contributed by atoms with Gasteiger partial charge in [-0.25, -0.2) is 0 Å². The van der Waals surface area contributed by atoms with E-state index in [2.05, 4.69) is 5.32 Å². The number of carbonyl (C=O) groups excluding carboxylic acids is 1. The fourth-order valence-electron chi connectivity index (χ4n) is 1.79. The lowest BCUT2D eigenvalue weighted by molar-refractivity contribution is -0.149. The minimum Gasteiger partial charge on any atom is -0.460 e. The lowest BCUT2D eigenvalue weighted by atomic mass is 10.2. The van der Waals surface area contributed by atoms with Gasteiger partial charge in [-0.2, -0.15) is 11.8 Å². The summed E-state index contributed by atoms with van der Waals surface area (Å²) in [4.78, 5) is 11.5. The van der Waals surface area contributed by atoms with Crippen molar-refractivity contribution in [2.75, 3.05) is 31.3 Å². The highest BCUT2D eigenvalue weighted by Gasteiger charge is 2.23. The molecule has 0 bridgehead atoms. The van der Waals surface area contributed by atoms with Crippen molar-refractivity contribution in [1.82, 2.24) is 5.32 Å². The van der Waals surface area contributed by atoms with Gasteiger partial charge in [-0.3, -0.25) is 4.79 Å². The van der Waals surface area contributed by atoms with Crippen molar-refractivity contribution in [3.63, 3.8) is 0 Å². The summed E-state index contributed by atoms with van der Waals surface area (Å²) in [5.41, 5.74) is 0.